The molecule has 0 aliphatic heterocycles. The molecule has 1 fully saturated rings. The van der Waals surface area contributed by atoms with E-state index in [0.29, 0.717) is 12.1 Å². The molecule has 0 atom stereocenters. The molecule has 0 aromatic rings. The first-order valence-corrected chi connectivity index (χ1v) is 9.51. The van der Waals surface area contributed by atoms with Crippen LogP contribution in [0.3, 0.4) is 0 Å². The zero-order valence-electron chi connectivity index (χ0n) is 16.6. The van der Waals surface area contributed by atoms with E-state index in [0.717, 1.165) is 51.3 Å². The average Bonchev–Trinajstić information content (AvgIpc) is 3.31. The van der Waals surface area contributed by atoms with E-state index >= 15 is 0 Å². The molecule has 24 heavy (non-hydrogen) atoms. The Kier molecular flexibility index (Phi) is 13.1. The van der Waals surface area contributed by atoms with Crippen LogP contribution in [0.25, 0.3) is 0 Å². The Morgan fingerprint density at radius 2 is 1.67 bits per heavy atom. The van der Waals surface area contributed by atoms with Gasteiger partial charge in [-0.2, -0.15) is 0 Å². The molecule has 5 nitrogen and oxygen atoms in total. The third kappa shape index (κ3) is 9.42. The highest BCUT2D eigenvalue weighted by Crippen LogP contribution is 2.25. The van der Waals surface area contributed by atoms with Crippen LogP contribution in [0.1, 0.15) is 54.4 Å². The molecule has 0 heterocycles. The Labute approximate surface area is 167 Å². The summed E-state index contributed by atoms with van der Waals surface area (Å²) in [6.07, 6.45) is 2.75. The van der Waals surface area contributed by atoms with Crippen molar-refractivity contribution in [1.82, 2.24) is 20.4 Å². The number of halogens is 1. The topological polar surface area (TPSA) is 42.9 Å². The lowest BCUT2D eigenvalue weighted by atomic mass is 10.2. The van der Waals surface area contributed by atoms with Gasteiger partial charge < -0.3 is 10.6 Å². The largest absolute Gasteiger partial charge is 0.357 e. The molecule has 0 amide bonds. The van der Waals surface area contributed by atoms with Crippen molar-refractivity contribution in [2.75, 3.05) is 39.3 Å². The molecular weight excluding hydrogens is 413 g/mol. The predicted octanol–water partition coefficient (Wildman–Crippen LogP) is 2.76. The first-order chi connectivity index (χ1) is 11.0. The van der Waals surface area contributed by atoms with Crippen molar-refractivity contribution in [2.45, 2.75) is 72.5 Å². The van der Waals surface area contributed by atoms with E-state index in [4.69, 9.17) is 4.99 Å². The fraction of sp³-hybridized carbons (Fsp3) is 0.944. The molecule has 0 aromatic heterocycles. The summed E-state index contributed by atoms with van der Waals surface area (Å²) in [5.74, 6) is 0.951. The van der Waals surface area contributed by atoms with Gasteiger partial charge in [-0.05, 0) is 54.0 Å². The SMILES string of the molecule is CCNC(=NCCN(C(C)C)C(C)C)NCCN(CC)C1CC1.I. The van der Waals surface area contributed by atoms with Crippen LogP contribution in [0, 0.1) is 0 Å². The Hall–Kier alpha value is -0.0800. The maximum absolute atomic E-state index is 4.74. The Morgan fingerprint density at radius 1 is 1.04 bits per heavy atom. The van der Waals surface area contributed by atoms with E-state index in [1.807, 2.05) is 0 Å². The third-order valence-corrected chi connectivity index (χ3v) is 4.46. The van der Waals surface area contributed by atoms with Crippen molar-refractivity contribution in [1.29, 1.82) is 0 Å². The van der Waals surface area contributed by atoms with E-state index in [1.165, 1.54) is 12.8 Å². The van der Waals surface area contributed by atoms with Gasteiger partial charge in [-0.15, -0.1) is 24.0 Å². The standard InChI is InChI=1S/C18H39N5.HI/c1-7-19-18(20-11-13-22(8-2)17-9-10-17)21-12-14-23(15(3)4)16(5)6;/h15-17H,7-14H2,1-6H3,(H2,19,20,21);1H. The van der Waals surface area contributed by atoms with Crippen LogP contribution < -0.4 is 10.6 Å². The minimum absolute atomic E-state index is 0. The second kappa shape index (κ2) is 13.2. The van der Waals surface area contributed by atoms with Crippen molar-refractivity contribution in [3.05, 3.63) is 0 Å². The molecule has 0 radical (unpaired) electrons. The summed E-state index contributed by atoms with van der Waals surface area (Å²) in [4.78, 5) is 9.79. The molecule has 2 N–H and O–H groups in total. The molecule has 0 spiro atoms. The lowest BCUT2D eigenvalue weighted by molar-refractivity contribution is 0.181. The number of aliphatic imine (C=N–C) groups is 1. The van der Waals surface area contributed by atoms with Crippen LogP contribution in [0.5, 0.6) is 0 Å². The number of rotatable bonds is 11. The van der Waals surface area contributed by atoms with Gasteiger partial charge in [0.25, 0.3) is 0 Å². The molecule has 0 unspecified atom stereocenters. The molecular formula is C18H40IN5. The van der Waals surface area contributed by atoms with Crippen LogP contribution in [0.4, 0.5) is 0 Å². The number of guanidine groups is 1. The van der Waals surface area contributed by atoms with Gasteiger partial charge in [0.05, 0.1) is 6.54 Å². The van der Waals surface area contributed by atoms with Crippen LogP contribution in [0.2, 0.25) is 0 Å². The van der Waals surface area contributed by atoms with Crippen LogP contribution >= 0.6 is 24.0 Å². The molecule has 6 heteroatoms. The van der Waals surface area contributed by atoms with Gasteiger partial charge in [0.15, 0.2) is 5.96 Å². The second-order valence-electron chi connectivity index (χ2n) is 6.97. The first-order valence-electron chi connectivity index (χ1n) is 9.51. The normalized spacial score (nSPS) is 15.3. The second-order valence-corrected chi connectivity index (χ2v) is 6.97. The maximum atomic E-state index is 4.74. The van der Waals surface area contributed by atoms with Crippen molar-refractivity contribution in [2.24, 2.45) is 4.99 Å². The minimum Gasteiger partial charge on any atom is -0.357 e. The Bertz CT molecular complexity index is 334. The maximum Gasteiger partial charge on any atom is 0.191 e. The van der Waals surface area contributed by atoms with Gasteiger partial charge in [0.1, 0.15) is 0 Å². The number of nitrogens with zero attached hydrogens (tertiary/aromatic N) is 3. The van der Waals surface area contributed by atoms with Gasteiger partial charge in [0.2, 0.25) is 0 Å². The van der Waals surface area contributed by atoms with E-state index in [9.17, 15) is 0 Å². The number of hydrogen-bond donors (Lipinski definition) is 2. The minimum atomic E-state index is 0. The average molecular weight is 453 g/mol. The summed E-state index contributed by atoms with van der Waals surface area (Å²) < 4.78 is 0. The van der Waals surface area contributed by atoms with Gasteiger partial charge >= 0.3 is 0 Å². The number of hydrogen-bond acceptors (Lipinski definition) is 3. The van der Waals surface area contributed by atoms with Crippen molar-refractivity contribution >= 4 is 29.9 Å². The van der Waals surface area contributed by atoms with Crippen LogP contribution in [0.15, 0.2) is 4.99 Å². The molecule has 144 valence electrons. The van der Waals surface area contributed by atoms with Crippen molar-refractivity contribution in [3.63, 3.8) is 0 Å². The first kappa shape index (κ1) is 23.9. The van der Waals surface area contributed by atoms with Gasteiger partial charge in [-0.1, -0.05) is 6.92 Å². The third-order valence-electron chi connectivity index (χ3n) is 4.46. The molecule has 0 bridgehead atoms. The van der Waals surface area contributed by atoms with Crippen molar-refractivity contribution < 1.29 is 0 Å². The molecule has 0 aromatic carbocycles. The summed E-state index contributed by atoms with van der Waals surface area (Å²) in [5, 5.41) is 6.83. The quantitative estimate of drug-likeness (QED) is 0.287. The lowest BCUT2D eigenvalue weighted by Crippen LogP contribution is -2.43. The van der Waals surface area contributed by atoms with Gasteiger partial charge in [0, 0.05) is 44.3 Å². The molecule has 1 saturated carbocycles. The fourth-order valence-corrected chi connectivity index (χ4v) is 3.09. The zero-order chi connectivity index (χ0) is 17.2. The van der Waals surface area contributed by atoms with Crippen molar-refractivity contribution in [3.8, 4) is 0 Å². The lowest BCUT2D eigenvalue weighted by Gasteiger charge is -2.29. The highest BCUT2D eigenvalue weighted by molar-refractivity contribution is 14.0. The monoisotopic (exact) mass is 453 g/mol. The number of nitrogens with one attached hydrogen (secondary N) is 2. The zero-order valence-corrected chi connectivity index (χ0v) is 19.0. The summed E-state index contributed by atoms with van der Waals surface area (Å²) in [7, 11) is 0. The van der Waals surface area contributed by atoms with E-state index < -0.39 is 0 Å². The van der Waals surface area contributed by atoms with Crippen LogP contribution in [-0.2, 0) is 0 Å². The number of likely N-dealkylation sites (N-methyl/N-ethyl adjacent to an activating group) is 1. The summed E-state index contributed by atoms with van der Waals surface area (Å²) in [6, 6.07) is 1.97. The van der Waals surface area contributed by atoms with E-state index in [-0.39, 0.29) is 24.0 Å². The highest BCUT2D eigenvalue weighted by Gasteiger charge is 2.27. The van der Waals surface area contributed by atoms with E-state index in [1.54, 1.807) is 0 Å². The fourth-order valence-electron chi connectivity index (χ4n) is 3.09. The molecule has 1 rings (SSSR count). The highest BCUT2D eigenvalue weighted by atomic mass is 127. The summed E-state index contributed by atoms with van der Waals surface area (Å²) >= 11 is 0. The summed E-state index contributed by atoms with van der Waals surface area (Å²) in [5.41, 5.74) is 0. The molecule has 1 aliphatic carbocycles. The van der Waals surface area contributed by atoms with Crippen LogP contribution in [-0.4, -0.2) is 73.2 Å². The smallest absolute Gasteiger partial charge is 0.191 e. The van der Waals surface area contributed by atoms with Gasteiger partial charge in [-0.3, -0.25) is 14.8 Å². The molecule has 1 aliphatic rings. The van der Waals surface area contributed by atoms with Gasteiger partial charge in [-0.25, -0.2) is 0 Å². The van der Waals surface area contributed by atoms with E-state index in [2.05, 4.69) is 62.0 Å². The Balaban J connectivity index is 0.00000529. The Morgan fingerprint density at radius 3 is 2.12 bits per heavy atom. The predicted molar refractivity (Wildman–Crippen MR) is 117 cm³/mol. The molecule has 0 saturated heterocycles. The summed E-state index contributed by atoms with van der Waals surface area (Å²) in [6.45, 7) is 19.4.